The molecule has 18 heavy (non-hydrogen) atoms. The van der Waals surface area contributed by atoms with Crippen LogP contribution in [0.2, 0.25) is 5.02 Å². The Hall–Kier alpha value is -1.75. The van der Waals surface area contributed by atoms with E-state index >= 15 is 0 Å². The second-order valence-electron chi connectivity index (χ2n) is 4.01. The summed E-state index contributed by atoms with van der Waals surface area (Å²) in [6.07, 6.45) is 1.02. The highest BCUT2D eigenvalue weighted by Gasteiger charge is 2.06. The van der Waals surface area contributed by atoms with Crippen LogP contribution in [0.4, 0.5) is 11.9 Å². The van der Waals surface area contributed by atoms with Gasteiger partial charge in [0.05, 0.1) is 6.54 Å². The Morgan fingerprint density at radius 2 is 2.28 bits per heavy atom. The summed E-state index contributed by atoms with van der Waals surface area (Å²) in [5, 5.41) is 8.11. The van der Waals surface area contributed by atoms with E-state index in [0.29, 0.717) is 23.5 Å². The average Bonchev–Trinajstić information content (AvgIpc) is 2.68. The maximum absolute atomic E-state index is 5.94. The molecular weight excluding hydrogens is 250 g/mol. The number of nitrogen functional groups attached to an aromatic ring is 1. The normalized spacial score (nSPS) is 10.6. The lowest BCUT2D eigenvalue weighted by Crippen LogP contribution is -2.06. The Morgan fingerprint density at radius 3 is 3.00 bits per heavy atom. The number of benzene rings is 1. The molecule has 6 heteroatoms. The second kappa shape index (κ2) is 5.73. The van der Waals surface area contributed by atoms with Gasteiger partial charge < -0.3 is 11.1 Å². The van der Waals surface area contributed by atoms with Gasteiger partial charge in [-0.15, -0.1) is 5.10 Å². The van der Waals surface area contributed by atoms with Crippen molar-refractivity contribution in [3.8, 4) is 0 Å². The van der Waals surface area contributed by atoms with E-state index in [-0.39, 0.29) is 0 Å². The van der Waals surface area contributed by atoms with Crippen LogP contribution >= 0.6 is 11.6 Å². The van der Waals surface area contributed by atoms with Crippen molar-refractivity contribution >= 4 is 23.5 Å². The monoisotopic (exact) mass is 265 g/mol. The van der Waals surface area contributed by atoms with E-state index in [2.05, 4.69) is 22.3 Å². The first-order valence-corrected chi connectivity index (χ1v) is 6.25. The highest BCUT2D eigenvalue weighted by atomic mass is 35.5. The smallest absolute Gasteiger partial charge is 0.243 e. The van der Waals surface area contributed by atoms with Crippen LogP contribution in [0.3, 0.4) is 0 Å². The van der Waals surface area contributed by atoms with Crippen LogP contribution in [-0.2, 0) is 6.54 Å². The first-order chi connectivity index (χ1) is 8.69. The van der Waals surface area contributed by atoms with E-state index in [4.69, 9.17) is 17.3 Å². The van der Waals surface area contributed by atoms with Crippen LogP contribution in [0.25, 0.3) is 0 Å². The van der Waals surface area contributed by atoms with Gasteiger partial charge in [-0.25, -0.2) is 4.68 Å². The molecule has 0 unspecified atom stereocenters. The summed E-state index contributed by atoms with van der Waals surface area (Å²) in [4.78, 5) is 4.15. The summed E-state index contributed by atoms with van der Waals surface area (Å²) < 4.78 is 1.66. The van der Waals surface area contributed by atoms with Crippen molar-refractivity contribution in [1.82, 2.24) is 14.8 Å². The number of nitrogens with one attached hydrogen (secondary N) is 1. The molecule has 0 radical (unpaired) electrons. The van der Waals surface area contributed by atoms with E-state index in [1.54, 1.807) is 4.68 Å². The molecule has 3 N–H and O–H groups in total. The molecule has 0 aliphatic heterocycles. The zero-order valence-corrected chi connectivity index (χ0v) is 11.0. The van der Waals surface area contributed by atoms with Crippen LogP contribution in [0.5, 0.6) is 0 Å². The number of hydrogen-bond acceptors (Lipinski definition) is 4. The summed E-state index contributed by atoms with van der Waals surface area (Å²) >= 11 is 5.94. The maximum Gasteiger partial charge on any atom is 0.243 e. The summed E-state index contributed by atoms with van der Waals surface area (Å²) in [7, 11) is 0. The fourth-order valence-corrected chi connectivity index (χ4v) is 1.80. The number of hydrogen-bond donors (Lipinski definition) is 2. The first-order valence-electron chi connectivity index (χ1n) is 5.87. The van der Waals surface area contributed by atoms with Crippen molar-refractivity contribution in [2.24, 2.45) is 0 Å². The molecule has 0 aliphatic rings. The predicted molar refractivity (Wildman–Crippen MR) is 73.8 cm³/mol. The molecule has 0 amide bonds. The number of nitrogens with zero attached hydrogens (tertiary/aromatic N) is 3. The molecule has 1 aromatic heterocycles. The lowest BCUT2D eigenvalue weighted by molar-refractivity contribution is 0.697. The van der Waals surface area contributed by atoms with Gasteiger partial charge in [0.15, 0.2) is 0 Å². The molecule has 5 nitrogen and oxygen atoms in total. The lowest BCUT2D eigenvalue weighted by atomic mass is 10.2. The quantitative estimate of drug-likeness (QED) is 0.871. The minimum atomic E-state index is 0.397. The highest BCUT2D eigenvalue weighted by Crippen LogP contribution is 2.13. The van der Waals surface area contributed by atoms with Crippen molar-refractivity contribution < 1.29 is 0 Å². The van der Waals surface area contributed by atoms with E-state index in [1.165, 1.54) is 0 Å². The molecule has 0 saturated heterocycles. The number of rotatable bonds is 5. The standard InChI is InChI=1S/C12H16ClN5/c1-2-6-15-12-16-11(14)18(17-12)8-9-4-3-5-10(13)7-9/h3-5,7H,2,6,8H2,1H3,(H3,14,15,16,17). The van der Waals surface area contributed by atoms with Gasteiger partial charge in [-0.2, -0.15) is 4.98 Å². The molecule has 96 valence electrons. The van der Waals surface area contributed by atoms with Crippen molar-refractivity contribution in [2.45, 2.75) is 19.9 Å². The van der Waals surface area contributed by atoms with Gasteiger partial charge in [0.2, 0.25) is 11.9 Å². The van der Waals surface area contributed by atoms with Crippen LogP contribution in [0.1, 0.15) is 18.9 Å². The number of anilines is 2. The summed E-state index contributed by atoms with van der Waals surface area (Å²) in [5.74, 6) is 0.963. The third-order valence-electron chi connectivity index (χ3n) is 2.45. The van der Waals surface area contributed by atoms with Crippen molar-refractivity contribution in [3.05, 3.63) is 34.9 Å². The van der Waals surface area contributed by atoms with Crippen LogP contribution in [0.15, 0.2) is 24.3 Å². The van der Waals surface area contributed by atoms with Crippen molar-refractivity contribution in [3.63, 3.8) is 0 Å². The van der Waals surface area contributed by atoms with Gasteiger partial charge in [-0.05, 0) is 24.1 Å². The topological polar surface area (TPSA) is 68.8 Å². The Labute approximate surface area is 111 Å². The van der Waals surface area contributed by atoms with Gasteiger partial charge in [-0.1, -0.05) is 30.7 Å². The first kappa shape index (κ1) is 12.7. The maximum atomic E-state index is 5.94. The Bertz CT molecular complexity index is 523. The van der Waals surface area contributed by atoms with E-state index in [0.717, 1.165) is 18.5 Å². The lowest BCUT2D eigenvalue weighted by Gasteiger charge is -2.03. The zero-order chi connectivity index (χ0) is 13.0. The Balaban J connectivity index is 2.11. The van der Waals surface area contributed by atoms with Crippen LogP contribution in [-0.4, -0.2) is 21.3 Å². The number of nitrogens with two attached hydrogens (primary N) is 1. The Kier molecular flexibility index (Phi) is 4.04. The van der Waals surface area contributed by atoms with Crippen LogP contribution in [0, 0.1) is 0 Å². The van der Waals surface area contributed by atoms with Gasteiger partial charge >= 0.3 is 0 Å². The molecule has 2 aromatic rings. The molecule has 0 aliphatic carbocycles. The molecule has 0 atom stereocenters. The zero-order valence-electron chi connectivity index (χ0n) is 10.2. The van der Waals surface area contributed by atoms with Gasteiger partial charge in [0, 0.05) is 11.6 Å². The molecular formula is C12H16ClN5. The van der Waals surface area contributed by atoms with Crippen LogP contribution < -0.4 is 11.1 Å². The van der Waals surface area contributed by atoms with Crippen molar-refractivity contribution in [1.29, 1.82) is 0 Å². The summed E-state index contributed by atoms with van der Waals surface area (Å²) in [6, 6.07) is 7.61. The second-order valence-corrected chi connectivity index (χ2v) is 4.44. The molecule has 1 aromatic carbocycles. The molecule has 0 bridgehead atoms. The largest absolute Gasteiger partial charge is 0.368 e. The Morgan fingerprint density at radius 1 is 1.44 bits per heavy atom. The summed E-state index contributed by atoms with van der Waals surface area (Å²) in [5.41, 5.74) is 6.86. The number of halogens is 1. The van der Waals surface area contributed by atoms with Gasteiger partial charge in [0.1, 0.15) is 0 Å². The van der Waals surface area contributed by atoms with E-state index in [9.17, 15) is 0 Å². The molecule has 0 spiro atoms. The van der Waals surface area contributed by atoms with Crippen molar-refractivity contribution in [2.75, 3.05) is 17.6 Å². The fourth-order valence-electron chi connectivity index (χ4n) is 1.59. The molecule has 1 heterocycles. The number of aromatic nitrogens is 3. The molecule has 2 rings (SSSR count). The predicted octanol–water partition coefficient (Wildman–Crippen LogP) is 2.38. The van der Waals surface area contributed by atoms with E-state index < -0.39 is 0 Å². The third-order valence-corrected chi connectivity index (χ3v) is 2.69. The molecule has 0 fully saturated rings. The minimum Gasteiger partial charge on any atom is -0.368 e. The average molecular weight is 266 g/mol. The highest BCUT2D eigenvalue weighted by molar-refractivity contribution is 6.30. The van der Waals surface area contributed by atoms with Gasteiger partial charge in [0.25, 0.3) is 0 Å². The summed E-state index contributed by atoms with van der Waals surface area (Å²) in [6.45, 7) is 3.48. The fraction of sp³-hybridized carbons (Fsp3) is 0.333. The minimum absolute atomic E-state index is 0.397. The van der Waals surface area contributed by atoms with E-state index in [1.807, 2.05) is 24.3 Å². The van der Waals surface area contributed by atoms with Gasteiger partial charge in [-0.3, -0.25) is 0 Å². The molecule has 0 saturated carbocycles. The third kappa shape index (κ3) is 3.13. The SMILES string of the molecule is CCCNc1nc(N)n(Cc2cccc(Cl)c2)n1.